The number of ether oxygens (including phenoxy) is 1. The minimum absolute atomic E-state index is 0.190. The van der Waals surface area contributed by atoms with E-state index in [1.165, 1.54) is 0 Å². The number of methoxy groups -OCH3 is 1. The molecule has 4 nitrogen and oxygen atoms in total. The summed E-state index contributed by atoms with van der Waals surface area (Å²) in [5.74, 6) is 0.740. The molecule has 0 amide bonds. The topological polar surface area (TPSA) is 58.6 Å². The molecule has 1 aliphatic carbocycles. The second-order valence-corrected chi connectivity index (χ2v) is 4.84. The molecule has 0 atom stereocenters. The van der Waals surface area contributed by atoms with E-state index >= 15 is 0 Å². The van der Waals surface area contributed by atoms with E-state index in [-0.39, 0.29) is 5.78 Å². The van der Waals surface area contributed by atoms with Crippen LogP contribution < -0.4 is 10.2 Å². The number of fused-ring (bicyclic) bond motifs is 1. The molecule has 2 rings (SSSR count). The van der Waals surface area contributed by atoms with Gasteiger partial charge in [0.25, 0.3) is 0 Å². The normalized spacial score (nSPS) is 17.5. The molecule has 0 saturated carbocycles. The van der Waals surface area contributed by atoms with Crippen LogP contribution >= 0.6 is 0 Å². The molecule has 0 unspecified atom stereocenters. The van der Waals surface area contributed by atoms with E-state index in [9.17, 15) is 10.0 Å². The van der Waals surface area contributed by atoms with Crippen molar-refractivity contribution in [2.75, 3.05) is 12.6 Å². The van der Waals surface area contributed by atoms with E-state index in [2.05, 4.69) is 5.48 Å². The number of hydrogen-bond acceptors (Lipinski definition) is 4. The summed E-state index contributed by atoms with van der Waals surface area (Å²) in [6, 6.07) is 3.77. The number of nitrogens with one attached hydrogen (secondary N) is 1. The van der Waals surface area contributed by atoms with Crippen molar-refractivity contribution in [3.8, 4) is 5.75 Å². The maximum Gasteiger partial charge on any atom is 0.144 e. The van der Waals surface area contributed by atoms with Gasteiger partial charge in [0, 0.05) is 6.42 Å². The highest BCUT2D eigenvalue weighted by Gasteiger charge is 2.38. The zero-order chi connectivity index (χ0) is 12.6. The monoisotopic (exact) mass is 235 g/mol. The quantitative estimate of drug-likeness (QED) is 0.772. The summed E-state index contributed by atoms with van der Waals surface area (Å²) in [7, 11) is 1.54. The van der Waals surface area contributed by atoms with Crippen LogP contribution in [0.2, 0.25) is 0 Å². The molecule has 0 bridgehead atoms. The smallest absolute Gasteiger partial charge is 0.144 e. The number of carbonyl (C=O) groups excluding carboxylic acids is 1. The molecule has 0 saturated heterocycles. The van der Waals surface area contributed by atoms with Crippen LogP contribution in [0, 0.1) is 0 Å². The second kappa shape index (κ2) is 4.04. The Labute approximate surface area is 101 Å². The van der Waals surface area contributed by atoms with Gasteiger partial charge in [0.2, 0.25) is 0 Å². The molecule has 0 aliphatic heterocycles. The molecule has 0 radical (unpaired) electrons. The minimum Gasteiger partial charge on any atom is -0.494 e. The lowest BCUT2D eigenvalue weighted by Gasteiger charge is -2.33. The molecule has 0 fully saturated rings. The van der Waals surface area contributed by atoms with Crippen LogP contribution in [0.1, 0.15) is 31.4 Å². The third-order valence-corrected chi connectivity index (χ3v) is 3.53. The van der Waals surface area contributed by atoms with Gasteiger partial charge in [-0.15, -0.1) is 0 Å². The molecule has 0 heterocycles. The van der Waals surface area contributed by atoms with E-state index in [0.717, 1.165) is 17.5 Å². The van der Waals surface area contributed by atoms with Gasteiger partial charge in [0.05, 0.1) is 12.5 Å². The molecule has 1 aromatic carbocycles. The second-order valence-electron chi connectivity index (χ2n) is 4.84. The Bertz CT molecular complexity index is 466. The Balaban J connectivity index is 2.70. The number of anilines is 1. The molecular formula is C13H17NO3. The predicted octanol–water partition coefficient (Wildman–Crippen LogP) is 2.29. The van der Waals surface area contributed by atoms with Crippen molar-refractivity contribution >= 4 is 11.5 Å². The lowest BCUT2D eigenvalue weighted by Crippen LogP contribution is -2.35. The maximum atomic E-state index is 12.0. The molecular weight excluding hydrogens is 218 g/mol. The average Bonchev–Trinajstić information content (AvgIpc) is 2.32. The van der Waals surface area contributed by atoms with Crippen molar-refractivity contribution in [2.45, 2.75) is 32.1 Å². The highest BCUT2D eigenvalue weighted by atomic mass is 16.5. The summed E-state index contributed by atoms with van der Waals surface area (Å²) in [6.45, 7) is 3.77. The van der Waals surface area contributed by atoms with Gasteiger partial charge in [0.15, 0.2) is 0 Å². The molecule has 1 aliphatic rings. The Morgan fingerprint density at radius 3 is 2.65 bits per heavy atom. The number of Topliss-reactive ketones (excluding diaryl/α,β-unsaturated/α-hetero) is 1. The summed E-state index contributed by atoms with van der Waals surface area (Å²) in [5, 5.41) is 9.28. The van der Waals surface area contributed by atoms with Crippen LogP contribution in [0.25, 0.3) is 0 Å². The van der Waals surface area contributed by atoms with E-state index in [1.54, 1.807) is 7.11 Å². The van der Waals surface area contributed by atoms with Gasteiger partial charge in [0.1, 0.15) is 17.2 Å². The largest absolute Gasteiger partial charge is 0.494 e. The predicted molar refractivity (Wildman–Crippen MR) is 64.8 cm³/mol. The number of benzene rings is 1. The van der Waals surface area contributed by atoms with Crippen molar-refractivity contribution in [1.29, 1.82) is 0 Å². The van der Waals surface area contributed by atoms with Gasteiger partial charge in [-0.25, -0.2) is 0 Å². The number of ketones is 1. The van der Waals surface area contributed by atoms with Crippen molar-refractivity contribution in [2.24, 2.45) is 0 Å². The highest BCUT2D eigenvalue weighted by molar-refractivity contribution is 5.94. The van der Waals surface area contributed by atoms with Crippen molar-refractivity contribution < 1.29 is 14.7 Å². The van der Waals surface area contributed by atoms with E-state index in [0.29, 0.717) is 17.9 Å². The zero-order valence-corrected chi connectivity index (χ0v) is 10.3. The number of rotatable bonds is 2. The van der Waals surface area contributed by atoms with Gasteiger partial charge >= 0.3 is 0 Å². The minimum atomic E-state index is -0.590. The SMILES string of the molecule is COc1ccc2c(c1NO)C(C)(C)C(=O)CC2. The zero-order valence-electron chi connectivity index (χ0n) is 10.3. The molecule has 0 aromatic heterocycles. The number of carbonyl (C=O) groups is 1. The molecule has 2 N–H and O–H groups in total. The van der Waals surface area contributed by atoms with Crippen molar-refractivity contribution in [3.05, 3.63) is 23.3 Å². The van der Waals surface area contributed by atoms with Gasteiger partial charge in [-0.05, 0) is 37.5 Å². The first-order valence-electron chi connectivity index (χ1n) is 5.66. The first kappa shape index (κ1) is 11.9. The first-order valence-corrected chi connectivity index (χ1v) is 5.66. The third kappa shape index (κ3) is 1.69. The number of aryl methyl sites for hydroxylation is 1. The van der Waals surface area contributed by atoms with Crippen molar-refractivity contribution in [3.63, 3.8) is 0 Å². The summed E-state index contributed by atoms with van der Waals surface area (Å²) in [5.41, 5.74) is 4.02. The molecule has 0 spiro atoms. The summed E-state index contributed by atoms with van der Waals surface area (Å²) < 4.78 is 5.20. The van der Waals surface area contributed by atoms with Gasteiger partial charge in [-0.2, -0.15) is 0 Å². The fraction of sp³-hybridized carbons (Fsp3) is 0.462. The van der Waals surface area contributed by atoms with Crippen LogP contribution in [0.4, 0.5) is 5.69 Å². The third-order valence-electron chi connectivity index (χ3n) is 3.53. The Hall–Kier alpha value is -1.55. The highest BCUT2D eigenvalue weighted by Crippen LogP contribution is 2.43. The van der Waals surface area contributed by atoms with Crippen LogP contribution in [-0.4, -0.2) is 18.1 Å². The van der Waals surface area contributed by atoms with Crippen molar-refractivity contribution in [1.82, 2.24) is 0 Å². The average molecular weight is 235 g/mol. The lowest BCUT2D eigenvalue weighted by atomic mass is 9.71. The van der Waals surface area contributed by atoms with Gasteiger partial charge in [-0.3, -0.25) is 15.5 Å². The van der Waals surface area contributed by atoms with Crippen LogP contribution in [0.15, 0.2) is 12.1 Å². The Morgan fingerprint density at radius 1 is 1.35 bits per heavy atom. The molecule has 17 heavy (non-hydrogen) atoms. The standard InChI is InChI=1S/C13H17NO3/c1-13(2)10(15)7-5-8-4-6-9(17-3)12(14-16)11(8)13/h4,6,14,16H,5,7H2,1-3H3. The summed E-state index contributed by atoms with van der Waals surface area (Å²) in [4.78, 5) is 12.0. The van der Waals surface area contributed by atoms with Gasteiger partial charge in [-0.1, -0.05) is 6.07 Å². The number of hydrogen-bond donors (Lipinski definition) is 2. The maximum absolute atomic E-state index is 12.0. The van der Waals surface area contributed by atoms with Crippen LogP contribution in [-0.2, 0) is 16.6 Å². The fourth-order valence-electron chi connectivity index (χ4n) is 2.53. The summed E-state index contributed by atoms with van der Waals surface area (Å²) >= 11 is 0. The molecule has 4 heteroatoms. The van der Waals surface area contributed by atoms with Crippen LogP contribution in [0.5, 0.6) is 5.75 Å². The molecule has 92 valence electrons. The summed E-state index contributed by atoms with van der Waals surface area (Å²) in [6.07, 6.45) is 1.27. The van der Waals surface area contributed by atoms with E-state index < -0.39 is 5.41 Å². The van der Waals surface area contributed by atoms with Gasteiger partial charge < -0.3 is 4.74 Å². The molecule has 1 aromatic rings. The van der Waals surface area contributed by atoms with E-state index in [1.807, 2.05) is 26.0 Å². The first-order chi connectivity index (χ1) is 8.02. The van der Waals surface area contributed by atoms with Crippen LogP contribution in [0.3, 0.4) is 0 Å². The Morgan fingerprint density at radius 2 is 2.06 bits per heavy atom. The lowest BCUT2D eigenvalue weighted by molar-refractivity contribution is -0.124. The fourth-order valence-corrected chi connectivity index (χ4v) is 2.53. The van der Waals surface area contributed by atoms with E-state index in [4.69, 9.17) is 4.74 Å². The Kier molecular flexibility index (Phi) is 2.83.